The first-order valence-corrected chi connectivity index (χ1v) is 7.58. The van der Waals surface area contributed by atoms with Crippen LogP contribution in [-0.4, -0.2) is 46.3 Å². The number of hydrogen-bond donors (Lipinski definition) is 1. The van der Waals surface area contributed by atoms with E-state index in [9.17, 15) is 5.11 Å². The zero-order valence-corrected chi connectivity index (χ0v) is 12.3. The third-order valence-corrected chi connectivity index (χ3v) is 4.91. The van der Waals surface area contributed by atoms with Crippen molar-refractivity contribution in [1.29, 1.82) is 0 Å². The molecule has 1 fully saturated rings. The Morgan fingerprint density at radius 1 is 1.42 bits per heavy atom. The molecule has 7 heteroatoms. The van der Waals surface area contributed by atoms with Crippen LogP contribution in [0.15, 0.2) is 23.2 Å². The van der Waals surface area contributed by atoms with E-state index >= 15 is 0 Å². The number of halogens is 2. The van der Waals surface area contributed by atoms with Gasteiger partial charge >= 0.3 is 0 Å². The van der Waals surface area contributed by atoms with Gasteiger partial charge in [0.2, 0.25) is 0 Å². The number of rotatable bonds is 3. The number of amidine groups is 1. The van der Waals surface area contributed by atoms with Crippen LogP contribution < -0.4 is 4.74 Å². The molecular weight excluding hydrogens is 307 g/mol. The maximum absolute atomic E-state index is 10.6. The Labute approximate surface area is 125 Å². The minimum atomic E-state index is -1.04. The van der Waals surface area contributed by atoms with E-state index in [4.69, 9.17) is 27.9 Å². The largest absolute Gasteiger partial charge is 0.485 e. The van der Waals surface area contributed by atoms with E-state index in [1.165, 1.54) is 0 Å². The molecule has 0 aliphatic carbocycles. The normalized spacial score (nSPS) is 25.4. The van der Waals surface area contributed by atoms with Crippen LogP contribution in [0.25, 0.3) is 0 Å². The Bertz CT molecular complexity index is 520. The number of aliphatic imine (C=N–C) groups is 1. The zero-order valence-electron chi connectivity index (χ0n) is 9.97. The number of hydrogen-bond acceptors (Lipinski definition) is 5. The molecule has 1 N–H and O–H groups in total. The summed E-state index contributed by atoms with van der Waals surface area (Å²) in [5, 5.41) is 12.4. The van der Waals surface area contributed by atoms with Crippen molar-refractivity contribution >= 4 is 40.1 Å². The van der Waals surface area contributed by atoms with Crippen LogP contribution in [0.1, 0.15) is 0 Å². The van der Waals surface area contributed by atoms with Gasteiger partial charge in [-0.25, -0.2) is 0 Å². The van der Waals surface area contributed by atoms with Gasteiger partial charge in [0.25, 0.3) is 0 Å². The average molecular weight is 319 g/mol. The molecule has 3 rings (SSSR count). The number of nitrogens with zero attached hydrogens (tertiary/aromatic N) is 2. The van der Waals surface area contributed by atoms with Crippen LogP contribution in [0, 0.1) is 0 Å². The van der Waals surface area contributed by atoms with Gasteiger partial charge in [-0.2, -0.15) is 0 Å². The Kier molecular flexibility index (Phi) is 3.55. The molecule has 0 aromatic heterocycles. The molecule has 19 heavy (non-hydrogen) atoms. The van der Waals surface area contributed by atoms with Crippen molar-refractivity contribution in [2.75, 3.05) is 25.4 Å². The standard InChI is InChI=1S/C12H12Cl2N2O2S/c13-8-2-1-3-9(14)10(8)18-6-12(17)7-19-11-15-4-5-16(11)12/h1-3,17H,4-7H2. The average Bonchev–Trinajstić information content (AvgIpc) is 2.94. The highest BCUT2D eigenvalue weighted by Crippen LogP contribution is 2.37. The van der Waals surface area contributed by atoms with Gasteiger partial charge in [0.15, 0.2) is 16.6 Å². The summed E-state index contributed by atoms with van der Waals surface area (Å²) in [4.78, 5) is 6.20. The highest BCUT2D eigenvalue weighted by atomic mass is 35.5. The molecule has 0 radical (unpaired) electrons. The molecule has 1 aromatic rings. The van der Waals surface area contributed by atoms with Crippen molar-refractivity contribution in [2.45, 2.75) is 5.72 Å². The highest BCUT2D eigenvalue weighted by Gasteiger charge is 2.45. The fraction of sp³-hybridized carbons (Fsp3) is 0.417. The monoisotopic (exact) mass is 318 g/mol. The van der Waals surface area contributed by atoms with E-state index in [-0.39, 0.29) is 6.61 Å². The van der Waals surface area contributed by atoms with Crippen molar-refractivity contribution in [1.82, 2.24) is 4.90 Å². The third kappa shape index (κ3) is 2.40. The lowest BCUT2D eigenvalue weighted by molar-refractivity contribution is -0.0694. The van der Waals surface area contributed by atoms with Crippen molar-refractivity contribution in [3.05, 3.63) is 28.2 Å². The summed E-state index contributed by atoms with van der Waals surface area (Å²) in [5.41, 5.74) is -1.04. The summed E-state index contributed by atoms with van der Waals surface area (Å²) in [5.74, 6) is 0.947. The molecule has 0 spiro atoms. The molecule has 1 atom stereocenters. The second-order valence-corrected chi connectivity index (χ2v) is 6.18. The molecular formula is C12H12Cl2N2O2S. The lowest BCUT2D eigenvalue weighted by Gasteiger charge is -2.31. The molecule has 2 aliphatic heterocycles. The SMILES string of the molecule is OC1(COc2c(Cl)cccc2Cl)CSC2=NCCN21. The van der Waals surface area contributed by atoms with E-state index in [1.54, 1.807) is 30.0 Å². The fourth-order valence-corrected chi connectivity index (χ4v) is 3.83. The maximum Gasteiger partial charge on any atom is 0.184 e. The maximum atomic E-state index is 10.6. The van der Waals surface area contributed by atoms with Crippen LogP contribution in [0.5, 0.6) is 5.75 Å². The van der Waals surface area contributed by atoms with Crippen LogP contribution >= 0.6 is 35.0 Å². The number of benzene rings is 1. The first-order valence-electron chi connectivity index (χ1n) is 5.84. The van der Waals surface area contributed by atoms with Gasteiger partial charge in [-0.15, -0.1) is 0 Å². The quantitative estimate of drug-likeness (QED) is 0.930. The van der Waals surface area contributed by atoms with Gasteiger partial charge in [-0.05, 0) is 12.1 Å². The number of para-hydroxylation sites is 1. The van der Waals surface area contributed by atoms with Gasteiger partial charge < -0.3 is 14.7 Å². The summed E-state index contributed by atoms with van der Waals surface area (Å²) in [6.45, 7) is 1.55. The van der Waals surface area contributed by atoms with Crippen LogP contribution in [0.3, 0.4) is 0 Å². The molecule has 2 heterocycles. The van der Waals surface area contributed by atoms with Crippen LogP contribution in [0.4, 0.5) is 0 Å². The molecule has 102 valence electrons. The van der Waals surface area contributed by atoms with E-state index in [2.05, 4.69) is 4.99 Å². The summed E-state index contributed by atoms with van der Waals surface area (Å²) in [6, 6.07) is 5.17. The predicted molar refractivity (Wildman–Crippen MR) is 78.4 cm³/mol. The minimum Gasteiger partial charge on any atom is -0.485 e. The summed E-state index contributed by atoms with van der Waals surface area (Å²) < 4.78 is 5.64. The summed E-state index contributed by atoms with van der Waals surface area (Å²) in [6.07, 6.45) is 0. The van der Waals surface area contributed by atoms with Crippen LogP contribution in [-0.2, 0) is 0 Å². The number of ether oxygens (including phenoxy) is 1. The highest BCUT2D eigenvalue weighted by molar-refractivity contribution is 8.14. The van der Waals surface area contributed by atoms with Crippen molar-refractivity contribution in [3.63, 3.8) is 0 Å². The van der Waals surface area contributed by atoms with E-state index in [0.717, 1.165) is 18.3 Å². The molecule has 1 saturated heterocycles. The lowest BCUT2D eigenvalue weighted by Crippen LogP contribution is -2.51. The van der Waals surface area contributed by atoms with E-state index in [0.29, 0.717) is 21.5 Å². The smallest absolute Gasteiger partial charge is 0.184 e. The van der Waals surface area contributed by atoms with Gasteiger partial charge in [0.05, 0.1) is 22.3 Å². The molecule has 0 saturated carbocycles. The van der Waals surface area contributed by atoms with Gasteiger partial charge in [0.1, 0.15) is 6.61 Å². The van der Waals surface area contributed by atoms with Crippen molar-refractivity contribution in [2.24, 2.45) is 4.99 Å². The molecule has 0 bridgehead atoms. The zero-order chi connectivity index (χ0) is 13.5. The molecule has 2 aliphatic rings. The van der Waals surface area contributed by atoms with E-state index in [1.807, 2.05) is 4.90 Å². The van der Waals surface area contributed by atoms with E-state index < -0.39 is 5.72 Å². The summed E-state index contributed by atoms with van der Waals surface area (Å²) in [7, 11) is 0. The minimum absolute atomic E-state index is 0.114. The van der Waals surface area contributed by atoms with Crippen LogP contribution in [0.2, 0.25) is 10.0 Å². The number of aliphatic hydroxyl groups is 1. The first-order chi connectivity index (χ1) is 9.10. The van der Waals surface area contributed by atoms with Crippen molar-refractivity contribution in [3.8, 4) is 5.75 Å². The number of fused-ring (bicyclic) bond motifs is 1. The topological polar surface area (TPSA) is 45.1 Å². The predicted octanol–water partition coefficient (Wildman–Crippen LogP) is 2.48. The molecule has 1 unspecified atom stereocenters. The Morgan fingerprint density at radius 3 is 2.89 bits per heavy atom. The lowest BCUT2D eigenvalue weighted by atomic mass is 10.2. The molecule has 0 amide bonds. The third-order valence-electron chi connectivity index (χ3n) is 3.10. The fourth-order valence-electron chi connectivity index (χ4n) is 2.12. The second-order valence-electron chi connectivity index (χ2n) is 4.43. The Hall–Kier alpha value is -0.620. The van der Waals surface area contributed by atoms with Gasteiger partial charge in [0, 0.05) is 6.54 Å². The molecule has 4 nitrogen and oxygen atoms in total. The summed E-state index contributed by atoms with van der Waals surface area (Å²) >= 11 is 13.6. The first kappa shape index (κ1) is 13.4. The Morgan fingerprint density at radius 2 is 2.16 bits per heavy atom. The van der Waals surface area contributed by atoms with Gasteiger partial charge in [-0.1, -0.05) is 41.0 Å². The molecule has 1 aromatic carbocycles. The Balaban J connectivity index is 1.74. The van der Waals surface area contributed by atoms with Gasteiger partial charge in [-0.3, -0.25) is 4.99 Å². The number of thioether (sulfide) groups is 1. The second kappa shape index (κ2) is 5.05. The van der Waals surface area contributed by atoms with Crippen molar-refractivity contribution < 1.29 is 9.84 Å².